The van der Waals surface area contributed by atoms with Crippen molar-refractivity contribution < 1.29 is 72.2 Å². The maximum atomic E-state index is 12.6. The van der Waals surface area contributed by atoms with Crippen molar-refractivity contribution >= 4 is 32.5 Å². The van der Waals surface area contributed by atoms with Gasteiger partial charge in [-0.2, -0.15) is 4.98 Å². The van der Waals surface area contributed by atoms with Crippen molar-refractivity contribution in [3.63, 3.8) is 0 Å². The summed E-state index contributed by atoms with van der Waals surface area (Å²) in [6.45, 7) is -2.25. The Morgan fingerprint density at radius 1 is 1.00 bits per heavy atom. The number of phosphoric ester groups is 1. The predicted octanol–water partition coefficient (Wildman–Crippen LogP) is -2.46. The normalized spacial score (nSPS) is 32.2. The lowest BCUT2D eigenvalue weighted by molar-refractivity contribution is -0.286. The van der Waals surface area contributed by atoms with Crippen LogP contribution in [-0.4, -0.2) is 130 Å². The fourth-order valence-corrected chi connectivity index (χ4v) is 7.36. The summed E-state index contributed by atoms with van der Waals surface area (Å²) in [5.74, 6) is 0.0250. The molecule has 0 saturated carbocycles. The number of fused-ring (bicyclic) bond motifs is 1. The molecule has 0 radical (unpaired) electrons. The van der Waals surface area contributed by atoms with Crippen LogP contribution >= 0.6 is 15.4 Å². The number of imidazole rings is 1. The monoisotopic (exact) mass is 709 g/mol. The van der Waals surface area contributed by atoms with E-state index in [1.165, 1.54) is 0 Å². The molecule has 4 heterocycles. The number of hydrogen-bond donors (Lipinski definition) is 9. The van der Waals surface area contributed by atoms with E-state index in [0.717, 1.165) is 10.9 Å². The molecule has 2 aliphatic heterocycles. The number of hydrogen-bond acceptors (Lipinski definition) is 17. The summed E-state index contributed by atoms with van der Waals surface area (Å²) in [6.07, 6.45) is -13.4. The summed E-state index contributed by atoms with van der Waals surface area (Å²) < 4.78 is 57.7. The SMILES string of the molecule is Nc1nc2c(ncn2[C@@H]2O[C@H](COP(=O)(O)OP(=O)(O)CCO[C@H]3[C@H](Oc4ccccc4)O[C@H](CO)[C@H](O)[C@@H]3O)[C@@H](O)[C@H]2O)c(=O)[nH]1. The molecular weight excluding hydrogens is 676 g/mol. The van der Waals surface area contributed by atoms with Gasteiger partial charge in [-0.25, -0.2) is 13.9 Å². The Morgan fingerprint density at radius 3 is 2.40 bits per heavy atom. The van der Waals surface area contributed by atoms with Crippen LogP contribution in [0, 0.1) is 0 Å². The average Bonchev–Trinajstić information content (AvgIpc) is 3.55. The highest BCUT2D eigenvalue weighted by atomic mass is 31.3. The number of phosphoric acid groups is 1. The smallest absolute Gasteiger partial charge is 0.462 e. The van der Waals surface area contributed by atoms with Crippen molar-refractivity contribution in [3.05, 3.63) is 47.0 Å². The second kappa shape index (κ2) is 14.3. The van der Waals surface area contributed by atoms with Gasteiger partial charge in [-0.05, 0) is 12.1 Å². The van der Waals surface area contributed by atoms with Gasteiger partial charge in [0.2, 0.25) is 12.2 Å². The Labute approximate surface area is 264 Å². The quantitative estimate of drug-likeness (QED) is 0.0831. The highest BCUT2D eigenvalue weighted by molar-refractivity contribution is 7.64. The molecule has 1 aromatic carbocycles. The molecule has 2 fully saturated rings. The Bertz CT molecular complexity index is 1680. The van der Waals surface area contributed by atoms with E-state index in [4.69, 9.17) is 29.2 Å². The number of nitrogens with zero attached hydrogens (tertiary/aromatic N) is 3. The fraction of sp³-hybridized carbons (Fsp3) is 0.542. The van der Waals surface area contributed by atoms with Gasteiger partial charge in [0.05, 0.1) is 32.3 Å². The van der Waals surface area contributed by atoms with Gasteiger partial charge >= 0.3 is 15.4 Å². The first kappa shape index (κ1) is 35.5. The Morgan fingerprint density at radius 2 is 1.70 bits per heavy atom. The second-order valence-electron chi connectivity index (χ2n) is 10.5. The van der Waals surface area contributed by atoms with Crippen LogP contribution in [0.2, 0.25) is 0 Å². The summed E-state index contributed by atoms with van der Waals surface area (Å²) in [5, 5.41) is 51.3. The van der Waals surface area contributed by atoms with E-state index < -0.39 is 102 Å². The molecule has 2 unspecified atom stereocenters. The molecule has 2 saturated heterocycles. The summed E-state index contributed by atoms with van der Waals surface area (Å²) in [6, 6.07) is 8.14. The molecule has 0 bridgehead atoms. The van der Waals surface area contributed by atoms with E-state index in [9.17, 15) is 49.2 Å². The largest absolute Gasteiger partial charge is 0.479 e. The number of nitrogens with one attached hydrogen (secondary N) is 1. The summed E-state index contributed by atoms with van der Waals surface area (Å²) >= 11 is 0. The first-order valence-electron chi connectivity index (χ1n) is 13.9. The van der Waals surface area contributed by atoms with Crippen LogP contribution in [0.15, 0.2) is 41.5 Å². The van der Waals surface area contributed by atoms with Crippen molar-refractivity contribution in [2.24, 2.45) is 0 Å². The molecule has 5 rings (SSSR count). The Kier molecular flexibility index (Phi) is 10.8. The van der Waals surface area contributed by atoms with E-state index in [-0.39, 0.29) is 22.9 Å². The van der Waals surface area contributed by atoms with Crippen LogP contribution in [-0.2, 0) is 32.2 Å². The number of aromatic nitrogens is 4. The van der Waals surface area contributed by atoms with Crippen molar-refractivity contribution in [3.8, 4) is 5.75 Å². The molecule has 260 valence electrons. The Hall–Kier alpha value is -2.85. The number of aromatic amines is 1. The lowest BCUT2D eigenvalue weighted by Gasteiger charge is -2.41. The van der Waals surface area contributed by atoms with Gasteiger partial charge in [-0.1, -0.05) is 18.2 Å². The number of rotatable bonds is 13. The number of benzene rings is 1. The molecule has 2 aliphatic rings. The van der Waals surface area contributed by atoms with Crippen LogP contribution in [0.4, 0.5) is 5.95 Å². The zero-order valence-corrected chi connectivity index (χ0v) is 25.9. The van der Waals surface area contributed by atoms with E-state index in [1.807, 2.05) is 0 Å². The number of nitrogens with two attached hydrogens (primary N) is 1. The number of aliphatic hydroxyl groups excluding tert-OH is 5. The van der Waals surface area contributed by atoms with Crippen LogP contribution in [0.1, 0.15) is 6.23 Å². The predicted molar refractivity (Wildman–Crippen MR) is 155 cm³/mol. The lowest BCUT2D eigenvalue weighted by atomic mass is 9.99. The van der Waals surface area contributed by atoms with Crippen molar-refractivity contribution in [1.29, 1.82) is 0 Å². The average molecular weight is 709 g/mol. The number of aliphatic hydroxyl groups is 5. The van der Waals surface area contributed by atoms with E-state index >= 15 is 0 Å². The minimum atomic E-state index is -5.31. The minimum absolute atomic E-state index is 0.0864. The molecule has 0 amide bonds. The number of nitrogen functional groups attached to an aromatic ring is 1. The van der Waals surface area contributed by atoms with Gasteiger partial charge in [0.15, 0.2) is 17.4 Å². The molecule has 21 nitrogen and oxygen atoms in total. The van der Waals surface area contributed by atoms with Gasteiger partial charge in [-0.3, -0.25) is 23.4 Å². The standard InChI is InChI=1S/C24H33N5O16P2/c25-24-27-20-14(21(35)28-24)26-10-29(20)22-18(34)16(32)13(43-22)9-41-47(38,39)45-46(36,37)7-6-40-19-17(33)15(31)12(8-30)44-23(19)42-11-4-2-1-3-5-11/h1-5,10,12-13,15-19,22-23,30-34H,6-9H2,(H,36,37)(H,38,39)(H3,25,27,28,35)/t12-,13-,15+,16-,17+,18-,19-,22-,23-/m1/s1. The van der Waals surface area contributed by atoms with Crippen molar-refractivity contribution in [2.75, 3.05) is 31.7 Å². The highest BCUT2D eigenvalue weighted by Crippen LogP contribution is 2.60. The van der Waals surface area contributed by atoms with Gasteiger partial charge in [0.1, 0.15) is 48.5 Å². The van der Waals surface area contributed by atoms with Gasteiger partial charge in [0.25, 0.3) is 5.56 Å². The molecule has 11 atom stereocenters. The number of ether oxygens (including phenoxy) is 4. The van der Waals surface area contributed by atoms with Crippen molar-refractivity contribution in [1.82, 2.24) is 19.5 Å². The van der Waals surface area contributed by atoms with Crippen LogP contribution in [0.5, 0.6) is 5.75 Å². The highest BCUT2D eigenvalue weighted by Gasteiger charge is 2.48. The molecule has 10 N–H and O–H groups in total. The first-order valence-corrected chi connectivity index (χ1v) is 17.2. The maximum absolute atomic E-state index is 12.6. The molecule has 23 heteroatoms. The van der Waals surface area contributed by atoms with Crippen LogP contribution in [0.3, 0.4) is 0 Å². The molecule has 47 heavy (non-hydrogen) atoms. The minimum Gasteiger partial charge on any atom is -0.462 e. The van der Waals surface area contributed by atoms with Crippen LogP contribution < -0.4 is 16.0 Å². The number of H-pyrrole nitrogens is 1. The number of anilines is 1. The lowest BCUT2D eigenvalue weighted by Crippen LogP contribution is -2.61. The molecule has 3 aromatic rings. The zero-order chi connectivity index (χ0) is 34.1. The summed E-state index contributed by atoms with van der Waals surface area (Å²) in [7, 11) is -10.3. The summed E-state index contributed by atoms with van der Waals surface area (Å²) in [4.78, 5) is 42.5. The van der Waals surface area contributed by atoms with E-state index in [2.05, 4.69) is 19.3 Å². The molecule has 0 spiro atoms. The van der Waals surface area contributed by atoms with E-state index in [0.29, 0.717) is 0 Å². The van der Waals surface area contributed by atoms with Gasteiger partial charge in [0, 0.05) is 0 Å². The first-order chi connectivity index (χ1) is 22.2. The zero-order valence-electron chi connectivity index (χ0n) is 24.1. The molecular formula is C24H33N5O16P2. The van der Waals surface area contributed by atoms with Crippen LogP contribution in [0.25, 0.3) is 11.2 Å². The third kappa shape index (κ3) is 8.07. The molecule has 2 aromatic heterocycles. The third-order valence-corrected chi connectivity index (χ3v) is 10.3. The fourth-order valence-electron chi connectivity index (χ4n) is 4.89. The summed E-state index contributed by atoms with van der Waals surface area (Å²) in [5.41, 5.74) is 4.66. The Balaban J connectivity index is 1.16. The van der Waals surface area contributed by atoms with Gasteiger partial charge < -0.3 is 60.0 Å². The van der Waals surface area contributed by atoms with E-state index in [1.54, 1.807) is 30.3 Å². The second-order valence-corrected chi connectivity index (χ2v) is 14.1. The number of para-hydroxylation sites is 1. The topological polar surface area (TPSA) is 321 Å². The van der Waals surface area contributed by atoms with Crippen molar-refractivity contribution in [2.45, 2.75) is 55.2 Å². The third-order valence-electron chi connectivity index (χ3n) is 7.20. The molecule has 0 aliphatic carbocycles. The maximum Gasteiger partial charge on any atom is 0.479 e. The van der Waals surface area contributed by atoms with Gasteiger partial charge in [-0.15, -0.1) is 0 Å².